The van der Waals surface area contributed by atoms with Gasteiger partial charge in [0.05, 0.1) is 11.7 Å². The highest BCUT2D eigenvalue weighted by Gasteiger charge is 2.21. The zero-order valence-corrected chi connectivity index (χ0v) is 29.5. The molecule has 0 saturated heterocycles. The zero-order chi connectivity index (χ0) is 35.8. The summed E-state index contributed by atoms with van der Waals surface area (Å²) in [6.07, 6.45) is 6.13. The Labute approximate surface area is 314 Å². The summed E-state index contributed by atoms with van der Waals surface area (Å²) in [7, 11) is 0. The molecule has 0 bridgehead atoms. The van der Waals surface area contributed by atoms with E-state index in [0.29, 0.717) is 0 Å². The molecule has 254 valence electrons. The van der Waals surface area contributed by atoms with Crippen molar-refractivity contribution in [3.8, 4) is 33.4 Å². The first-order valence-electron chi connectivity index (χ1n) is 18.4. The maximum Gasteiger partial charge on any atom is 0.134 e. The summed E-state index contributed by atoms with van der Waals surface area (Å²) >= 11 is 0. The number of benzene rings is 8. The van der Waals surface area contributed by atoms with Crippen molar-refractivity contribution in [1.29, 1.82) is 0 Å². The first-order chi connectivity index (χ1) is 26.7. The topological polar surface area (TPSA) is 37.3 Å². The molecule has 3 heteroatoms. The van der Waals surface area contributed by atoms with Crippen LogP contribution in [-0.4, -0.2) is 10.8 Å². The van der Waals surface area contributed by atoms with Gasteiger partial charge in [-0.05, 0) is 84.1 Å². The molecule has 1 aliphatic heterocycles. The van der Waals surface area contributed by atoms with Crippen LogP contribution in [0.1, 0.15) is 22.7 Å². The molecule has 3 nitrogen and oxygen atoms in total. The summed E-state index contributed by atoms with van der Waals surface area (Å²) in [6, 6.07) is 65.0. The Hall–Kier alpha value is -7.10. The third kappa shape index (κ3) is 5.82. The predicted octanol–water partition coefficient (Wildman–Crippen LogP) is 12.7. The van der Waals surface area contributed by atoms with Crippen LogP contribution < -0.4 is 5.32 Å². The van der Waals surface area contributed by atoms with E-state index in [2.05, 4.69) is 198 Å². The molecule has 0 aliphatic carbocycles. The van der Waals surface area contributed by atoms with Gasteiger partial charge >= 0.3 is 0 Å². The normalized spacial score (nSPS) is 14.1. The molecule has 8 aromatic carbocycles. The van der Waals surface area contributed by atoms with Gasteiger partial charge in [-0.3, -0.25) is 4.98 Å². The lowest BCUT2D eigenvalue weighted by molar-refractivity contribution is 0.781. The maximum absolute atomic E-state index is 5.32. The van der Waals surface area contributed by atoms with Gasteiger partial charge in [-0.1, -0.05) is 170 Å². The van der Waals surface area contributed by atoms with Crippen molar-refractivity contribution in [3.05, 3.63) is 217 Å². The van der Waals surface area contributed by atoms with Gasteiger partial charge in [-0.25, -0.2) is 4.99 Å². The van der Waals surface area contributed by atoms with Gasteiger partial charge in [0.1, 0.15) is 5.84 Å². The predicted molar refractivity (Wildman–Crippen MR) is 226 cm³/mol. The molecule has 0 amide bonds. The van der Waals surface area contributed by atoms with E-state index in [1.165, 1.54) is 49.2 Å². The van der Waals surface area contributed by atoms with Gasteiger partial charge in [0.25, 0.3) is 0 Å². The van der Waals surface area contributed by atoms with E-state index >= 15 is 0 Å². The van der Waals surface area contributed by atoms with E-state index in [1.807, 2.05) is 12.4 Å². The van der Waals surface area contributed by atoms with E-state index in [9.17, 15) is 0 Å². The van der Waals surface area contributed by atoms with Crippen LogP contribution in [0.3, 0.4) is 0 Å². The van der Waals surface area contributed by atoms with Gasteiger partial charge in [0.2, 0.25) is 0 Å². The third-order valence-corrected chi connectivity index (χ3v) is 10.6. The van der Waals surface area contributed by atoms with Crippen LogP contribution in [0, 0.1) is 0 Å². The number of nitrogens with one attached hydrogen (secondary N) is 1. The fourth-order valence-corrected chi connectivity index (χ4v) is 7.83. The molecular weight excluding hydrogens is 655 g/mol. The first kappa shape index (κ1) is 31.6. The average Bonchev–Trinajstić information content (AvgIpc) is 3.26. The molecule has 1 N–H and O–H groups in total. The Kier molecular flexibility index (Phi) is 7.88. The highest BCUT2D eigenvalue weighted by Crippen LogP contribution is 2.37. The summed E-state index contributed by atoms with van der Waals surface area (Å²) in [5.74, 6) is 0.846. The molecule has 1 aromatic heterocycles. The van der Waals surface area contributed by atoms with Crippen LogP contribution in [0.4, 0.5) is 0 Å². The van der Waals surface area contributed by atoms with Crippen molar-refractivity contribution < 1.29 is 0 Å². The molecule has 1 unspecified atom stereocenters. The molecule has 1 aliphatic rings. The highest BCUT2D eigenvalue weighted by molar-refractivity contribution is 6.14. The Morgan fingerprint density at radius 3 is 1.81 bits per heavy atom. The fourth-order valence-electron chi connectivity index (χ4n) is 7.83. The molecule has 54 heavy (non-hydrogen) atoms. The number of hydrogen-bond donors (Lipinski definition) is 1. The van der Waals surface area contributed by atoms with Crippen molar-refractivity contribution in [2.45, 2.75) is 6.04 Å². The molecule has 0 saturated carbocycles. The molecule has 1 atom stereocenters. The number of fused-ring (bicyclic) bond motifs is 4. The van der Waals surface area contributed by atoms with Crippen molar-refractivity contribution in [2.75, 3.05) is 0 Å². The summed E-state index contributed by atoms with van der Waals surface area (Å²) in [4.78, 5) is 9.85. The largest absolute Gasteiger partial charge is 0.359 e. The second-order valence-electron chi connectivity index (χ2n) is 13.9. The van der Waals surface area contributed by atoms with Crippen LogP contribution in [0.2, 0.25) is 0 Å². The minimum Gasteiger partial charge on any atom is -0.359 e. The number of aliphatic imine (C=N–C) groups is 1. The first-order valence-corrected chi connectivity index (χ1v) is 18.4. The summed E-state index contributed by atoms with van der Waals surface area (Å²) in [5.41, 5.74) is 11.2. The second-order valence-corrected chi connectivity index (χ2v) is 13.9. The van der Waals surface area contributed by atoms with Gasteiger partial charge in [0, 0.05) is 28.9 Å². The second kappa shape index (κ2) is 13.5. The van der Waals surface area contributed by atoms with E-state index in [1.54, 1.807) is 0 Å². The van der Waals surface area contributed by atoms with Gasteiger partial charge in [-0.2, -0.15) is 0 Å². The maximum atomic E-state index is 5.32. The summed E-state index contributed by atoms with van der Waals surface area (Å²) in [6.45, 7) is 0. The SMILES string of the molecule is C1=C(c2ccc(-c3cncc4ccccc34)cc2)N=C(c2cccc(-c3cc4ccccc4c4ccccc34)c2)NC1c1ccc(-c2ccccc2)cc1. The van der Waals surface area contributed by atoms with Gasteiger partial charge in [0.15, 0.2) is 0 Å². The number of hydrogen-bond acceptors (Lipinski definition) is 3. The molecule has 0 fully saturated rings. The number of nitrogens with zero attached hydrogens (tertiary/aromatic N) is 2. The lowest BCUT2D eigenvalue weighted by Crippen LogP contribution is -2.31. The minimum atomic E-state index is -0.0792. The molecule has 0 spiro atoms. The van der Waals surface area contributed by atoms with E-state index in [-0.39, 0.29) is 6.04 Å². The Morgan fingerprint density at radius 1 is 0.389 bits per heavy atom. The van der Waals surface area contributed by atoms with Crippen LogP contribution in [0.25, 0.3) is 71.4 Å². The molecule has 10 rings (SSSR count). The van der Waals surface area contributed by atoms with Crippen LogP contribution in [0.5, 0.6) is 0 Å². The Balaban J connectivity index is 1.06. The molecule has 2 heterocycles. The summed E-state index contributed by atoms with van der Waals surface area (Å²) in [5, 5.41) is 11.1. The lowest BCUT2D eigenvalue weighted by atomic mass is 9.92. The van der Waals surface area contributed by atoms with E-state index < -0.39 is 0 Å². The van der Waals surface area contributed by atoms with E-state index in [4.69, 9.17) is 4.99 Å². The standard InChI is InChI=1S/C51H35N3/c1-2-11-34(12-3-1)35-21-25-37(26-22-35)49-31-50(38-27-23-36(24-28-38)48-33-52-32-42-14-5-7-18-44(42)48)54-51(53-49)41-16-10-15-39(29-41)47-30-40-13-4-6-17-43(40)45-19-8-9-20-46(45)47/h1-33,49H,(H,53,54). The minimum absolute atomic E-state index is 0.0792. The summed E-state index contributed by atoms with van der Waals surface area (Å²) < 4.78 is 0. The van der Waals surface area contributed by atoms with Crippen molar-refractivity contribution in [3.63, 3.8) is 0 Å². The molecular formula is C51H35N3. The monoisotopic (exact) mass is 689 g/mol. The highest BCUT2D eigenvalue weighted by atomic mass is 15.0. The van der Waals surface area contributed by atoms with Gasteiger partial charge < -0.3 is 5.32 Å². The van der Waals surface area contributed by atoms with Crippen molar-refractivity contribution >= 4 is 43.9 Å². The molecule has 9 aromatic rings. The lowest BCUT2D eigenvalue weighted by Gasteiger charge is -2.25. The van der Waals surface area contributed by atoms with Crippen LogP contribution >= 0.6 is 0 Å². The molecule has 0 radical (unpaired) electrons. The smallest absolute Gasteiger partial charge is 0.134 e. The fraction of sp³-hybridized carbons (Fsp3) is 0.0196. The number of amidine groups is 1. The number of pyridine rings is 1. The Morgan fingerprint density at radius 2 is 1.00 bits per heavy atom. The zero-order valence-electron chi connectivity index (χ0n) is 29.5. The Bertz CT molecular complexity index is 2880. The van der Waals surface area contributed by atoms with Crippen molar-refractivity contribution in [1.82, 2.24) is 10.3 Å². The third-order valence-electron chi connectivity index (χ3n) is 10.6. The quantitative estimate of drug-likeness (QED) is 0.176. The number of rotatable bonds is 6. The average molecular weight is 690 g/mol. The van der Waals surface area contributed by atoms with Gasteiger partial charge in [-0.15, -0.1) is 0 Å². The number of aromatic nitrogens is 1. The van der Waals surface area contributed by atoms with Crippen LogP contribution in [-0.2, 0) is 0 Å². The van der Waals surface area contributed by atoms with E-state index in [0.717, 1.165) is 44.7 Å². The van der Waals surface area contributed by atoms with Crippen LogP contribution in [0.15, 0.2) is 205 Å². The van der Waals surface area contributed by atoms with Crippen molar-refractivity contribution in [2.24, 2.45) is 4.99 Å².